The molecule has 0 amide bonds. The molecule has 0 aliphatic rings. The monoisotopic (exact) mass is 582 g/mol. The molecule has 212 valence electrons. The minimum absolute atomic E-state index is 0.0911. The lowest BCUT2D eigenvalue weighted by atomic mass is 9.65. The fraction of sp³-hybridized carbons (Fsp3) is 0.238. The highest BCUT2D eigenvalue weighted by Crippen LogP contribution is 2.43. The highest BCUT2D eigenvalue weighted by Gasteiger charge is 2.70. The number of alkyl halides is 6. The van der Waals surface area contributed by atoms with Gasteiger partial charge in [0.2, 0.25) is 0 Å². The van der Waals surface area contributed by atoms with Crippen molar-refractivity contribution in [2.24, 2.45) is 0 Å². The number of hydrogen-bond acceptors (Lipinski definition) is 7. The molecule has 0 aliphatic carbocycles. The van der Waals surface area contributed by atoms with Gasteiger partial charge in [-0.2, -0.15) is 31.4 Å². The molecule has 0 aliphatic heterocycles. The van der Waals surface area contributed by atoms with E-state index < -0.39 is 47.8 Å². The molecule has 0 spiro atoms. The van der Waals surface area contributed by atoms with E-state index in [2.05, 4.69) is 20.2 Å². The van der Waals surface area contributed by atoms with Gasteiger partial charge < -0.3 is 14.9 Å². The maximum atomic E-state index is 15.3. The second-order valence-corrected chi connectivity index (χ2v) is 9.35. The van der Waals surface area contributed by atoms with Gasteiger partial charge in [-0.15, -0.1) is 5.46 Å². The van der Waals surface area contributed by atoms with E-state index in [0.29, 0.717) is 22.7 Å². The van der Waals surface area contributed by atoms with Crippen LogP contribution in [0.1, 0.15) is 5.56 Å². The van der Waals surface area contributed by atoms with Crippen LogP contribution in [0.4, 0.5) is 40.9 Å². The van der Waals surface area contributed by atoms with Crippen molar-refractivity contribution in [3.63, 3.8) is 0 Å². The molecule has 3 heterocycles. The Morgan fingerprint density at radius 3 is 2.15 bits per heavy atom. The van der Waals surface area contributed by atoms with E-state index in [-0.39, 0.29) is 23.6 Å². The summed E-state index contributed by atoms with van der Waals surface area (Å²) in [4.78, 5) is 7.43. The number of nitrogens with one attached hydrogen (secondary N) is 1. The Labute approximate surface area is 230 Å². The fourth-order valence-electron chi connectivity index (χ4n) is 4.07. The summed E-state index contributed by atoms with van der Waals surface area (Å²) >= 11 is 0. The van der Waals surface area contributed by atoms with Gasteiger partial charge in [0, 0.05) is 11.6 Å². The van der Waals surface area contributed by atoms with E-state index in [4.69, 9.17) is 4.52 Å². The van der Waals surface area contributed by atoms with Gasteiger partial charge in [-0.05, 0) is 6.07 Å². The topological polar surface area (TPSA) is 102 Å². The molecular weight excluding hydrogens is 564 g/mol. The molecule has 1 aromatic carbocycles. The van der Waals surface area contributed by atoms with Gasteiger partial charge in [-0.25, -0.2) is 18.7 Å². The quantitative estimate of drug-likeness (QED) is 0.186. The maximum Gasteiger partial charge on any atom is 0.428 e. The molecule has 0 unspecified atom stereocenters. The number of aliphatic hydroxyl groups is 1. The predicted molar refractivity (Wildman–Crippen MR) is 142 cm³/mol. The van der Waals surface area contributed by atoms with Crippen molar-refractivity contribution in [1.29, 1.82) is 0 Å². The second-order valence-electron chi connectivity index (χ2n) is 9.35. The van der Waals surface area contributed by atoms with Crippen LogP contribution in [0.5, 0.6) is 0 Å². The van der Waals surface area contributed by atoms with Crippen molar-refractivity contribution in [3.05, 3.63) is 41.8 Å². The molecule has 4 aromatic rings. The highest BCUT2D eigenvalue weighted by molar-refractivity contribution is 6.62. The van der Waals surface area contributed by atoms with Crippen LogP contribution < -0.4 is 27.2 Å². The first-order valence-electron chi connectivity index (χ1n) is 11.8. The summed E-state index contributed by atoms with van der Waals surface area (Å²) in [6.07, 6.45) is -10.5. The zero-order valence-electron chi connectivity index (χ0n) is 21.8. The van der Waals surface area contributed by atoms with Crippen LogP contribution in [0.15, 0.2) is 29.1 Å². The minimum Gasteiger partial charge on any atom is -0.372 e. The van der Waals surface area contributed by atoms with E-state index in [9.17, 15) is 35.8 Å². The van der Waals surface area contributed by atoms with Crippen LogP contribution in [0.3, 0.4) is 0 Å². The number of halogens is 8. The first kappa shape index (κ1) is 30.1. The second kappa shape index (κ2) is 10.5. The number of benzene rings is 1. The molecular formula is C21H18B4F8N6O2. The molecule has 0 radical (unpaired) electrons. The Morgan fingerprint density at radius 1 is 0.927 bits per heavy atom. The molecule has 0 saturated heterocycles. The molecule has 20 heteroatoms. The number of aromatic nitrogens is 5. The van der Waals surface area contributed by atoms with E-state index in [1.165, 1.54) is 23.1 Å². The third kappa shape index (κ3) is 5.44. The lowest BCUT2D eigenvalue weighted by Crippen LogP contribution is -2.61. The Bertz CT molecular complexity index is 1550. The smallest absolute Gasteiger partial charge is 0.372 e. The SMILES string of the molecule is Bc1c(B)c(B)c(Cn2nc(-c3ncc(F)c(NCC(O)(C(F)(F)F)C(F)(F)F)n3)cc2-c2ccon2)c(F)c1B. The summed E-state index contributed by atoms with van der Waals surface area (Å²) < 4.78 is 114. The van der Waals surface area contributed by atoms with Crippen LogP contribution >= 0.6 is 0 Å². The normalized spacial score (nSPS) is 12.6. The maximum absolute atomic E-state index is 15.3. The first-order valence-corrected chi connectivity index (χ1v) is 11.8. The van der Waals surface area contributed by atoms with Crippen molar-refractivity contribution in [2.75, 3.05) is 11.9 Å². The molecule has 2 N–H and O–H groups in total. The minimum atomic E-state index is -6.13. The molecule has 0 bridgehead atoms. The number of hydrogen-bond donors (Lipinski definition) is 2. The number of nitrogens with zero attached hydrogens (tertiary/aromatic N) is 5. The third-order valence-corrected chi connectivity index (χ3v) is 6.95. The number of anilines is 1. The van der Waals surface area contributed by atoms with Crippen LogP contribution in [-0.4, -0.2) is 85.9 Å². The molecule has 0 fully saturated rings. The molecule has 8 nitrogen and oxygen atoms in total. The third-order valence-electron chi connectivity index (χ3n) is 6.95. The summed E-state index contributed by atoms with van der Waals surface area (Å²) in [6, 6.07) is 2.83. The van der Waals surface area contributed by atoms with Gasteiger partial charge in [0.1, 0.15) is 54.9 Å². The lowest BCUT2D eigenvalue weighted by molar-refractivity contribution is -0.362. The van der Waals surface area contributed by atoms with Crippen molar-refractivity contribution in [1.82, 2.24) is 24.9 Å². The highest BCUT2D eigenvalue weighted by atomic mass is 19.4. The Kier molecular flexibility index (Phi) is 7.75. The van der Waals surface area contributed by atoms with Gasteiger partial charge in [0.15, 0.2) is 17.5 Å². The average Bonchev–Trinajstić information content (AvgIpc) is 3.57. The zero-order chi connectivity index (χ0) is 30.5. The van der Waals surface area contributed by atoms with Crippen molar-refractivity contribution in [2.45, 2.75) is 24.5 Å². The van der Waals surface area contributed by atoms with Crippen molar-refractivity contribution >= 4 is 59.1 Å². The summed E-state index contributed by atoms with van der Waals surface area (Å²) in [5.41, 5.74) is -1.69. The van der Waals surface area contributed by atoms with E-state index in [1.807, 2.05) is 7.85 Å². The van der Waals surface area contributed by atoms with E-state index >= 15 is 4.39 Å². The summed E-state index contributed by atoms with van der Waals surface area (Å²) in [7, 11) is 7.00. The van der Waals surface area contributed by atoms with Gasteiger partial charge in [-0.3, -0.25) is 4.68 Å². The molecule has 0 saturated carbocycles. The van der Waals surface area contributed by atoms with Gasteiger partial charge >= 0.3 is 12.4 Å². The molecule has 41 heavy (non-hydrogen) atoms. The first-order chi connectivity index (χ1) is 19.0. The van der Waals surface area contributed by atoms with Crippen molar-refractivity contribution < 1.29 is 44.8 Å². The summed E-state index contributed by atoms with van der Waals surface area (Å²) in [5.74, 6) is -3.29. The average molecular weight is 582 g/mol. The van der Waals surface area contributed by atoms with Gasteiger partial charge in [0.05, 0.1) is 25.0 Å². The Hall–Kier alpha value is -3.82. The molecule has 3 aromatic heterocycles. The van der Waals surface area contributed by atoms with Crippen LogP contribution in [-0.2, 0) is 6.54 Å². The van der Waals surface area contributed by atoms with Crippen molar-refractivity contribution in [3.8, 4) is 22.9 Å². The fourth-order valence-corrected chi connectivity index (χ4v) is 4.07. The Morgan fingerprint density at radius 2 is 1.56 bits per heavy atom. The lowest BCUT2D eigenvalue weighted by Gasteiger charge is -2.32. The molecule has 0 atom stereocenters. The molecule has 4 rings (SSSR count). The van der Waals surface area contributed by atoms with Crippen LogP contribution in [0.25, 0.3) is 22.9 Å². The Balaban J connectivity index is 1.75. The summed E-state index contributed by atoms with van der Waals surface area (Å²) in [5, 5.41) is 19.1. The van der Waals surface area contributed by atoms with E-state index in [1.54, 1.807) is 28.9 Å². The summed E-state index contributed by atoms with van der Waals surface area (Å²) in [6.45, 7) is -2.30. The standard InChI is InChI=1S/C21H18B4F8N6O2/c22-12-7(16(27)15(25)14(24)13(12)23)5-39-11(9-1-2-41-38-9)3-10(37-39)18-34-4-8(26)17(36-18)35-6-19(40,20(28,29)30)21(31,32)33/h1-4,40H,5-6,22-25H2,(H,34,35,36). The zero-order valence-corrected chi connectivity index (χ0v) is 21.8. The van der Waals surface area contributed by atoms with Gasteiger partial charge in [-0.1, -0.05) is 21.5 Å². The predicted octanol–water partition coefficient (Wildman–Crippen LogP) is -2.38. The largest absolute Gasteiger partial charge is 0.428 e. The van der Waals surface area contributed by atoms with Crippen LogP contribution in [0, 0.1) is 11.6 Å². The number of rotatable bonds is 7. The van der Waals surface area contributed by atoms with E-state index in [0.717, 1.165) is 10.9 Å². The van der Waals surface area contributed by atoms with Crippen LogP contribution in [0.2, 0.25) is 0 Å². The van der Waals surface area contributed by atoms with Gasteiger partial charge in [0.25, 0.3) is 5.60 Å².